The number of rotatable bonds is 2. The molecule has 0 unspecified atom stereocenters. The number of nitrogens with zero attached hydrogens (tertiary/aromatic N) is 2. The lowest BCUT2D eigenvalue weighted by Crippen LogP contribution is -2.11. The first kappa shape index (κ1) is 10.1. The first-order valence-electron chi connectivity index (χ1n) is 5.10. The molecule has 0 atom stereocenters. The second kappa shape index (κ2) is 3.59. The van der Waals surface area contributed by atoms with E-state index in [4.69, 9.17) is 5.73 Å². The first-order chi connectivity index (χ1) is 7.15. The van der Waals surface area contributed by atoms with Crippen LogP contribution in [0.3, 0.4) is 0 Å². The Hall–Kier alpha value is -1.48. The summed E-state index contributed by atoms with van der Waals surface area (Å²) in [5.41, 5.74) is 9.36. The van der Waals surface area contributed by atoms with Gasteiger partial charge in [-0.1, -0.05) is 12.1 Å². The molecule has 0 amide bonds. The average molecular weight is 203 g/mol. The van der Waals surface area contributed by atoms with Gasteiger partial charge in [0.1, 0.15) is 0 Å². The third-order valence-electron chi connectivity index (χ3n) is 2.83. The van der Waals surface area contributed by atoms with E-state index < -0.39 is 0 Å². The van der Waals surface area contributed by atoms with Crippen molar-refractivity contribution in [3.63, 3.8) is 0 Å². The zero-order chi connectivity index (χ0) is 11.0. The van der Waals surface area contributed by atoms with Crippen LogP contribution in [0.4, 0.5) is 5.69 Å². The van der Waals surface area contributed by atoms with Gasteiger partial charge in [-0.3, -0.25) is 0 Å². The Morgan fingerprint density at radius 2 is 2.07 bits per heavy atom. The molecule has 2 aromatic rings. The largest absolute Gasteiger partial charge is 0.376 e. The van der Waals surface area contributed by atoms with E-state index in [9.17, 15) is 0 Å². The molecular weight excluding hydrogens is 186 g/mol. The molecule has 0 radical (unpaired) electrons. The molecule has 1 heterocycles. The van der Waals surface area contributed by atoms with Crippen molar-refractivity contribution in [3.05, 3.63) is 30.0 Å². The van der Waals surface area contributed by atoms with Crippen LogP contribution in [0.5, 0.6) is 0 Å². The van der Waals surface area contributed by atoms with E-state index in [1.54, 1.807) is 0 Å². The highest BCUT2D eigenvalue weighted by Gasteiger charge is 2.09. The molecule has 1 aromatic heterocycles. The van der Waals surface area contributed by atoms with E-state index in [2.05, 4.69) is 54.9 Å². The molecule has 2 rings (SSSR count). The number of hydrogen-bond donors (Lipinski definition) is 1. The van der Waals surface area contributed by atoms with Gasteiger partial charge in [0, 0.05) is 38.8 Å². The van der Waals surface area contributed by atoms with Crippen molar-refractivity contribution in [2.75, 3.05) is 19.0 Å². The summed E-state index contributed by atoms with van der Waals surface area (Å²) in [5.74, 6) is 0. The zero-order valence-corrected chi connectivity index (χ0v) is 9.49. The number of anilines is 1. The molecule has 0 bridgehead atoms. The fraction of sp³-hybridized carbons (Fsp3) is 0.333. The maximum absolute atomic E-state index is 5.71. The van der Waals surface area contributed by atoms with Crippen molar-refractivity contribution in [2.45, 2.75) is 6.54 Å². The molecule has 2 N–H and O–H groups in total. The molecule has 15 heavy (non-hydrogen) atoms. The lowest BCUT2D eigenvalue weighted by molar-refractivity contribution is 0.848. The molecule has 0 spiro atoms. The molecule has 0 saturated heterocycles. The van der Waals surface area contributed by atoms with E-state index >= 15 is 0 Å². The standard InChI is InChI=1S/C12H17N3/c1-14(2)11-6-4-5-9-7-10(8-13)15(3)12(9)11/h4-7H,8,13H2,1-3H3. The summed E-state index contributed by atoms with van der Waals surface area (Å²) in [7, 11) is 6.19. The smallest absolute Gasteiger partial charge is 0.0717 e. The molecule has 1 aromatic carbocycles. The summed E-state index contributed by atoms with van der Waals surface area (Å²) in [5, 5.41) is 1.25. The van der Waals surface area contributed by atoms with Gasteiger partial charge >= 0.3 is 0 Å². The Balaban J connectivity index is 2.78. The van der Waals surface area contributed by atoms with Gasteiger partial charge in [-0.05, 0) is 12.1 Å². The summed E-state index contributed by atoms with van der Waals surface area (Å²) in [6.45, 7) is 0.581. The molecule has 0 fully saturated rings. The van der Waals surface area contributed by atoms with Crippen LogP contribution in [0, 0.1) is 0 Å². The quantitative estimate of drug-likeness (QED) is 0.806. The molecule has 0 saturated carbocycles. The third kappa shape index (κ3) is 1.49. The van der Waals surface area contributed by atoms with E-state index in [1.807, 2.05) is 0 Å². The summed E-state index contributed by atoms with van der Waals surface area (Å²) in [6.07, 6.45) is 0. The summed E-state index contributed by atoms with van der Waals surface area (Å²) in [6, 6.07) is 8.49. The Labute approximate surface area is 90.1 Å². The van der Waals surface area contributed by atoms with Gasteiger partial charge in [0.15, 0.2) is 0 Å². The molecule has 3 nitrogen and oxygen atoms in total. The highest BCUT2D eigenvalue weighted by Crippen LogP contribution is 2.27. The Morgan fingerprint density at radius 3 is 2.67 bits per heavy atom. The molecule has 0 aliphatic carbocycles. The number of para-hydroxylation sites is 1. The fourth-order valence-electron chi connectivity index (χ4n) is 2.01. The van der Waals surface area contributed by atoms with Crippen LogP contribution in [0.1, 0.15) is 5.69 Å². The van der Waals surface area contributed by atoms with Gasteiger partial charge in [-0.25, -0.2) is 0 Å². The van der Waals surface area contributed by atoms with E-state index in [0.717, 1.165) is 0 Å². The van der Waals surface area contributed by atoms with Crippen LogP contribution >= 0.6 is 0 Å². The van der Waals surface area contributed by atoms with Gasteiger partial charge in [0.2, 0.25) is 0 Å². The van der Waals surface area contributed by atoms with Crippen molar-refractivity contribution in [1.29, 1.82) is 0 Å². The van der Waals surface area contributed by atoms with Crippen molar-refractivity contribution < 1.29 is 0 Å². The lowest BCUT2D eigenvalue weighted by atomic mass is 10.2. The summed E-state index contributed by atoms with van der Waals surface area (Å²) < 4.78 is 2.17. The number of aromatic nitrogens is 1. The highest BCUT2D eigenvalue weighted by atomic mass is 15.1. The van der Waals surface area contributed by atoms with Crippen LogP contribution in [0.2, 0.25) is 0 Å². The third-order valence-corrected chi connectivity index (χ3v) is 2.83. The van der Waals surface area contributed by atoms with Crippen molar-refractivity contribution in [1.82, 2.24) is 4.57 Å². The Kier molecular flexibility index (Phi) is 2.40. The number of nitrogens with two attached hydrogens (primary N) is 1. The minimum Gasteiger partial charge on any atom is -0.376 e. The summed E-state index contributed by atoms with van der Waals surface area (Å²) >= 11 is 0. The van der Waals surface area contributed by atoms with Crippen molar-refractivity contribution >= 4 is 16.6 Å². The second-order valence-corrected chi connectivity index (χ2v) is 4.01. The van der Waals surface area contributed by atoms with Crippen LogP contribution < -0.4 is 10.6 Å². The number of hydrogen-bond acceptors (Lipinski definition) is 2. The lowest BCUT2D eigenvalue weighted by Gasteiger charge is -2.15. The number of fused-ring (bicyclic) bond motifs is 1. The van der Waals surface area contributed by atoms with Gasteiger partial charge in [0.05, 0.1) is 11.2 Å². The van der Waals surface area contributed by atoms with Gasteiger partial charge in [-0.2, -0.15) is 0 Å². The van der Waals surface area contributed by atoms with E-state index in [-0.39, 0.29) is 0 Å². The molecule has 0 aliphatic heterocycles. The van der Waals surface area contributed by atoms with E-state index in [0.29, 0.717) is 6.54 Å². The molecule has 3 heteroatoms. The van der Waals surface area contributed by atoms with Crippen LogP contribution in [-0.2, 0) is 13.6 Å². The van der Waals surface area contributed by atoms with Crippen molar-refractivity contribution in [2.24, 2.45) is 12.8 Å². The Bertz CT molecular complexity index is 483. The number of benzene rings is 1. The molecule has 80 valence electrons. The Morgan fingerprint density at radius 1 is 1.33 bits per heavy atom. The highest BCUT2D eigenvalue weighted by molar-refractivity contribution is 5.92. The van der Waals surface area contributed by atoms with E-state index in [1.165, 1.54) is 22.3 Å². The first-order valence-corrected chi connectivity index (χ1v) is 5.10. The maximum Gasteiger partial charge on any atom is 0.0717 e. The predicted molar refractivity (Wildman–Crippen MR) is 65.1 cm³/mol. The van der Waals surface area contributed by atoms with Crippen LogP contribution in [0.15, 0.2) is 24.3 Å². The zero-order valence-electron chi connectivity index (χ0n) is 9.49. The topological polar surface area (TPSA) is 34.2 Å². The molecular formula is C12H17N3. The molecule has 0 aliphatic rings. The number of aryl methyl sites for hydroxylation is 1. The van der Waals surface area contributed by atoms with Gasteiger partial charge in [-0.15, -0.1) is 0 Å². The summed E-state index contributed by atoms with van der Waals surface area (Å²) in [4.78, 5) is 2.13. The van der Waals surface area contributed by atoms with Crippen LogP contribution in [-0.4, -0.2) is 18.7 Å². The SMILES string of the molecule is CN(C)c1cccc2cc(CN)n(C)c12. The predicted octanol–water partition coefficient (Wildman–Crippen LogP) is 1.70. The maximum atomic E-state index is 5.71. The fourth-order valence-corrected chi connectivity index (χ4v) is 2.01. The normalized spacial score (nSPS) is 10.9. The van der Waals surface area contributed by atoms with Crippen molar-refractivity contribution in [3.8, 4) is 0 Å². The van der Waals surface area contributed by atoms with Gasteiger partial charge in [0.25, 0.3) is 0 Å². The average Bonchev–Trinajstić information content (AvgIpc) is 2.55. The second-order valence-electron chi connectivity index (χ2n) is 4.01. The minimum atomic E-state index is 0.581. The van der Waals surface area contributed by atoms with Crippen LogP contribution in [0.25, 0.3) is 10.9 Å². The minimum absolute atomic E-state index is 0.581. The van der Waals surface area contributed by atoms with Gasteiger partial charge < -0.3 is 15.2 Å². The monoisotopic (exact) mass is 203 g/mol.